The molecule has 1 atom stereocenters. The Balaban J connectivity index is 0.000000810. The van der Waals surface area contributed by atoms with Crippen molar-refractivity contribution in [3.8, 4) is 0 Å². The zero-order valence-electron chi connectivity index (χ0n) is 5.91. The van der Waals surface area contributed by atoms with E-state index in [1.165, 1.54) is 0 Å². The van der Waals surface area contributed by atoms with Gasteiger partial charge in [0.25, 0.3) is 0 Å². The van der Waals surface area contributed by atoms with E-state index in [4.69, 9.17) is 5.11 Å². The molecule has 1 amide bonds. The molecule has 0 radical (unpaired) electrons. The van der Waals surface area contributed by atoms with E-state index in [9.17, 15) is 9.90 Å². The molecule has 4 nitrogen and oxygen atoms in total. The number of aliphatic hydroxyl groups is 1. The number of carbonyl (C=O) groups excluding carboxylic acids is 1. The van der Waals surface area contributed by atoms with Crippen LogP contribution in [0.5, 0.6) is 0 Å². The Morgan fingerprint density at radius 1 is 1.70 bits per heavy atom. The van der Waals surface area contributed by atoms with Crippen molar-refractivity contribution in [1.82, 2.24) is 4.90 Å². The quantitative estimate of drug-likeness (QED) is 0.371. The molecule has 0 bridgehead atoms. The first-order valence-electron chi connectivity index (χ1n) is 2.84. The largest absolute Gasteiger partial charge is 1.00 e. The van der Waals surface area contributed by atoms with Gasteiger partial charge in [-0.3, -0.25) is 0 Å². The fraction of sp³-hybridized carbons (Fsp3) is 0.800. The van der Waals surface area contributed by atoms with E-state index in [2.05, 4.69) is 0 Å². The normalized spacial score (nSPS) is 24.1. The van der Waals surface area contributed by atoms with E-state index in [1.54, 1.807) is 0 Å². The molecule has 1 rings (SSSR count). The number of hydrogen-bond donors (Lipinski definition) is 1. The van der Waals surface area contributed by atoms with Crippen LogP contribution in [0.15, 0.2) is 0 Å². The topological polar surface area (TPSA) is 63.6 Å². The summed E-state index contributed by atoms with van der Waals surface area (Å²) < 4.78 is 0. The number of amides is 1. The van der Waals surface area contributed by atoms with Gasteiger partial charge in [0.1, 0.15) is 6.09 Å². The molecule has 5 heteroatoms. The van der Waals surface area contributed by atoms with Gasteiger partial charge in [-0.25, -0.2) is 0 Å². The van der Waals surface area contributed by atoms with E-state index in [0.29, 0.717) is 13.0 Å². The van der Waals surface area contributed by atoms with Crippen LogP contribution < -0.4 is 56.5 Å². The number of carbonyl (C=O) groups is 1. The molecule has 1 heterocycles. The second-order valence-corrected chi connectivity index (χ2v) is 2.15. The molecule has 0 aromatic carbocycles. The Kier molecular flexibility index (Phi) is 5.09. The van der Waals surface area contributed by atoms with Crippen LogP contribution in [0.2, 0.25) is 0 Å². The van der Waals surface area contributed by atoms with E-state index < -0.39 is 12.2 Å². The monoisotopic (exact) mass is 169 g/mol. The molecular weight excluding hydrogens is 161 g/mol. The summed E-state index contributed by atoms with van der Waals surface area (Å²) in [5.41, 5.74) is 0. The molecule has 52 valence electrons. The van der Waals surface area contributed by atoms with Gasteiger partial charge in [0.15, 0.2) is 0 Å². The van der Waals surface area contributed by atoms with Crippen LogP contribution in [0.4, 0.5) is 4.79 Å². The van der Waals surface area contributed by atoms with Gasteiger partial charge in [0.2, 0.25) is 0 Å². The van der Waals surface area contributed by atoms with Gasteiger partial charge in [0.05, 0.1) is 6.10 Å². The van der Waals surface area contributed by atoms with Crippen molar-refractivity contribution in [2.24, 2.45) is 0 Å². The van der Waals surface area contributed by atoms with Gasteiger partial charge in [-0.05, 0) is 6.42 Å². The number of rotatable bonds is 0. The molecule has 10 heavy (non-hydrogen) atoms. The predicted molar refractivity (Wildman–Crippen MR) is 27.6 cm³/mol. The Morgan fingerprint density at radius 2 is 2.30 bits per heavy atom. The summed E-state index contributed by atoms with van der Waals surface area (Å²) in [5.74, 6) is 0. The first kappa shape index (κ1) is 10.9. The SMILES string of the molecule is O=C([O-])N1CCC(O)C1.[K+]. The van der Waals surface area contributed by atoms with E-state index in [1.807, 2.05) is 0 Å². The second-order valence-electron chi connectivity index (χ2n) is 2.15. The Morgan fingerprint density at radius 3 is 2.50 bits per heavy atom. The fourth-order valence-electron chi connectivity index (χ4n) is 0.908. The van der Waals surface area contributed by atoms with Gasteiger partial charge in [-0.15, -0.1) is 0 Å². The number of likely N-dealkylation sites (tertiary alicyclic amines) is 1. The minimum Gasteiger partial charge on any atom is -0.530 e. The van der Waals surface area contributed by atoms with Crippen molar-refractivity contribution < 1.29 is 66.4 Å². The molecule has 1 saturated heterocycles. The maximum atomic E-state index is 10.1. The Bertz CT molecular complexity index is 130. The number of carboxylic acid groups (broad SMARTS) is 1. The van der Waals surface area contributed by atoms with Crippen molar-refractivity contribution in [3.05, 3.63) is 0 Å². The van der Waals surface area contributed by atoms with Crippen LogP contribution in [0.25, 0.3) is 0 Å². The van der Waals surface area contributed by atoms with Gasteiger partial charge >= 0.3 is 51.4 Å². The maximum absolute atomic E-state index is 10.1. The van der Waals surface area contributed by atoms with Gasteiger partial charge in [-0.2, -0.15) is 0 Å². The molecule has 0 aromatic rings. The third-order valence-corrected chi connectivity index (χ3v) is 1.42. The molecule has 1 fully saturated rings. The zero-order chi connectivity index (χ0) is 6.85. The summed E-state index contributed by atoms with van der Waals surface area (Å²) in [7, 11) is 0. The first-order valence-corrected chi connectivity index (χ1v) is 2.84. The molecule has 1 N–H and O–H groups in total. The predicted octanol–water partition coefficient (Wildman–Crippen LogP) is -4.60. The van der Waals surface area contributed by atoms with Crippen LogP contribution in [0, 0.1) is 0 Å². The summed E-state index contributed by atoms with van der Waals surface area (Å²) in [6.07, 6.45) is -1.14. The Labute approximate surface area is 102 Å². The zero-order valence-corrected chi connectivity index (χ0v) is 9.03. The standard InChI is InChI=1S/C5H9NO3.K/c7-4-1-2-6(3-4)5(8)9;/h4,7H,1-3H2,(H,8,9);/q;+1/p-1. The van der Waals surface area contributed by atoms with Gasteiger partial charge in [0, 0.05) is 13.1 Å². The fourth-order valence-corrected chi connectivity index (χ4v) is 0.908. The van der Waals surface area contributed by atoms with Gasteiger partial charge < -0.3 is 19.9 Å². The molecule has 1 aliphatic rings. The van der Waals surface area contributed by atoms with E-state index in [-0.39, 0.29) is 57.9 Å². The van der Waals surface area contributed by atoms with Crippen molar-refractivity contribution in [1.29, 1.82) is 0 Å². The van der Waals surface area contributed by atoms with Crippen molar-refractivity contribution in [2.45, 2.75) is 12.5 Å². The Hall–Kier alpha value is 0.866. The molecule has 1 unspecified atom stereocenters. The smallest absolute Gasteiger partial charge is 0.530 e. The summed E-state index contributed by atoms with van der Waals surface area (Å²) in [6.45, 7) is 0.617. The summed E-state index contributed by atoms with van der Waals surface area (Å²) in [5, 5.41) is 18.9. The number of nitrogens with zero attached hydrogens (tertiary/aromatic N) is 1. The number of aliphatic hydroxyl groups excluding tert-OH is 1. The van der Waals surface area contributed by atoms with Crippen LogP contribution >= 0.6 is 0 Å². The van der Waals surface area contributed by atoms with Crippen LogP contribution in [0.1, 0.15) is 6.42 Å². The maximum Gasteiger partial charge on any atom is 1.00 e. The second kappa shape index (κ2) is 4.69. The molecule has 0 aliphatic carbocycles. The molecule has 0 saturated carbocycles. The van der Waals surface area contributed by atoms with Gasteiger partial charge in [-0.1, -0.05) is 0 Å². The summed E-state index contributed by atoms with van der Waals surface area (Å²) in [4.78, 5) is 11.2. The van der Waals surface area contributed by atoms with Crippen LogP contribution in [-0.4, -0.2) is 35.3 Å². The van der Waals surface area contributed by atoms with Crippen molar-refractivity contribution in [3.63, 3.8) is 0 Å². The molecule has 0 aromatic heterocycles. The first-order chi connectivity index (χ1) is 4.20. The summed E-state index contributed by atoms with van der Waals surface area (Å²) in [6, 6.07) is 0. The third kappa shape index (κ3) is 2.85. The number of hydrogen-bond acceptors (Lipinski definition) is 3. The van der Waals surface area contributed by atoms with Crippen LogP contribution in [0.3, 0.4) is 0 Å². The summed E-state index contributed by atoms with van der Waals surface area (Å²) >= 11 is 0. The van der Waals surface area contributed by atoms with E-state index >= 15 is 0 Å². The van der Waals surface area contributed by atoms with E-state index in [0.717, 1.165) is 4.90 Å². The minimum absolute atomic E-state index is 0. The molecule has 0 spiro atoms. The number of β-amino-alcohol motifs (C(OH)–C–C–N with tert-alkyl or cyclic N) is 1. The molecule has 1 aliphatic heterocycles. The average Bonchev–Trinajstić information content (AvgIpc) is 2.14. The third-order valence-electron chi connectivity index (χ3n) is 1.42. The molecular formula is C5H8KNO3. The van der Waals surface area contributed by atoms with Crippen molar-refractivity contribution in [2.75, 3.05) is 13.1 Å². The van der Waals surface area contributed by atoms with Crippen LogP contribution in [-0.2, 0) is 0 Å². The minimum atomic E-state index is -1.19. The average molecular weight is 169 g/mol. The van der Waals surface area contributed by atoms with Crippen molar-refractivity contribution >= 4 is 6.09 Å².